The Balaban J connectivity index is 1.28. The van der Waals surface area contributed by atoms with E-state index < -0.39 is 0 Å². The van der Waals surface area contributed by atoms with E-state index in [1.54, 1.807) is 11.3 Å². The fourth-order valence-corrected chi connectivity index (χ4v) is 4.04. The fraction of sp³-hybridized carbons (Fsp3) is 0.524. The molecule has 0 unspecified atom stereocenters. The molecule has 152 valence electrons. The minimum atomic E-state index is 0.848. The quantitative estimate of drug-likeness (QED) is 0.524. The molecule has 1 fully saturated rings. The number of rotatable bonds is 8. The SMILES string of the molecule is CN=C(NCCc1csc(C)n1)NCCN1CCN(Cc2ccccc2)CC1. The van der Waals surface area contributed by atoms with Crippen LogP contribution in [0.5, 0.6) is 0 Å². The Kier molecular flexibility index (Phi) is 8.26. The van der Waals surface area contributed by atoms with Gasteiger partial charge in [-0.25, -0.2) is 4.98 Å². The number of thiazole rings is 1. The third kappa shape index (κ3) is 6.89. The average molecular weight is 401 g/mol. The number of hydrogen-bond donors (Lipinski definition) is 2. The normalized spacial score (nSPS) is 16.3. The third-order valence-corrected chi connectivity index (χ3v) is 5.82. The van der Waals surface area contributed by atoms with Crippen molar-refractivity contribution in [1.29, 1.82) is 0 Å². The highest BCUT2D eigenvalue weighted by Crippen LogP contribution is 2.08. The molecule has 0 bridgehead atoms. The summed E-state index contributed by atoms with van der Waals surface area (Å²) in [5.41, 5.74) is 2.55. The summed E-state index contributed by atoms with van der Waals surface area (Å²) in [6, 6.07) is 10.7. The molecule has 1 aliphatic heterocycles. The van der Waals surface area contributed by atoms with Crippen LogP contribution in [0.2, 0.25) is 0 Å². The van der Waals surface area contributed by atoms with Gasteiger partial charge in [-0.1, -0.05) is 30.3 Å². The van der Waals surface area contributed by atoms with Crippen molar-refractivity contribution in [3.63, 3.8) is 0 Å². The van der Waals surface area contributed by atoms with Gasteiger partial charge < -0.3 is 10.6 Å². The number of guanidine groups is 1. The maximum absolute atomic E-state index is 4.50. The summed E-state index contributed by atoms with van der Waals surface area (Å²) in [6.07, 6.45) is 0.925. The highest BCUT2D eigenvalue weighted by molar-refractivity contribution is 7.09. The van der Waals surface area contributed by atoms with Crippen LogP contribution in [-0.4, -0.2) is 73.6 Å². The second kappa shape index (κ2) is 11.1. The van der Waals surface area contributed by atoms with Crippen LogP contribution >= 0.6 is 11.3 Å². The molecule has 1 saturated heterocycles. The van der Waals surface area contributed by atoms with Gasteiger partial charge in [0.1, 0.15) is 0 Å². The van der Waals surface area contributed by atoms with Crippen molar-refractivity contribution in [2.24, 2.45) is 4.99 Å². The summed E-state index contributed by atoms with van der Waals surface area (Å²) in [4.78, 5) is 13.9. The lowest BCUT2D eigenvalue weighted by Gasteiger charge is -2.34. The maximum Gasteiger partial charge on any atom is 0.191 e. The summed E-state index contributed by atoms with van der Waals surface area (Å²) >= 11 is 1.71. The molecule has 0 atom stereocenters. The van der Waals surface area contributed by atoms with Gasteiger partial charge in [0.05, 0.1) is 10.7 Å². The summed E-state index contributed by atoms with van der Waals surface area (Å²) in [7, 11) is 1.82. The van der Waals surface area contributed by atoms with E-state index in [0.717, 1.165) is 75.4 Å². The van der Waals surface area contributed by atoms with Gasteiger partial charge in [0, 0.05) is 71.2 Å². The number of aliphatic imine (C=N–C) groups is 1. The number of aromatic nitrogens is 1. The zero-order valence-corrected chi connectivity index (χ0v) is 17.8. The van der Waals surface area contributed by atoms with Crippen LogP contribution in [0.3, 0.4) is 0 Å². The topological polar surface area (TPSA) is 55.8 Å². The van der Waals surface area contributed by atoms with Crippen molar-refractivity contribution in [3.05, 3.63) is 52.0 Å². The van der Waals surface area contributed by atoms with Gasteiger partial charge in [-0.2, -0.15) is 0 Å². The van der Waals surface area contributed by atoms with Crippen LogP contribution in [-0.2, 0) is 13.0 Å². The zero-order valence-electron chi connectivity index (χ0n) is 17.0. The maximum atomic E-state index is 4.50. The molecule has 2 aromatic rings. The first kappa shape index (κ1) is 20.8. The van der Waals surface area contributed by atoms with Crippen molar-refractivity contribution in [2.45, 2.75) is 19.9 Å². The van der Waals surface area contributed by atoms with Crippen LogP contribution < -0.4 is 10.6 Å². The van der Waals surface area contributed by atoms with E-state index in [-0.39, 0.29) is 0 Å². The molecular formula is C21H32N6S. The predicted molar refractivity (Wildman–Crippen MR) is 118 cm³/mol. The smallest absolute Gasteiger partial charge is 0.191 e. The fourth-order valence-electron chi connectivity index (χ4n) is 3.40. The predicted octanol–water partition coefficient (Wildman–Crippen LogP) is 1.98. The first-order valence-electron chi connectivity index (χ1n) is 10.1. The van der Waals surface area contributed by atoms with Gasteiger partial charge in [0.15, 0.2) is 5.96 Å². The molecule has 7 heteroatoms. The Morgan fingerprint density at radius 3 is 2.46 bits per heavy atom. The summed E-state index contributed by atoms with van der Waals surface area (Å²) in [6.45, 7) is 10.4. The van der Waals surface area contributed by atoms with Crippen molar-refractivity contribution < 1.29 is 0 Å². The standard InChI is InChI=1S/C21H32N6S/c1-18-25-20(17-28-18)8-9-23-21(22-2)24-10-11-26-12-14-27(15-13-26)16-19-6-4-3-5-7-19/h3-7,17H,8-16H2,1-2H3,(H2,22,23,24). The highest BCUT2D eigenvalue weighted by Gasteiger charge is 2.16. The molecule has 3 rings (SSSR count). The van der Waals surface area contributed by atoms with E-state index in [0.29, 0.717) is 0 Å². The van der Waals surface area contributed by atoms with Crippen molar-refractivity contribution in [3.8, 4) is 0 Å². The van der Waals surface area contributed by atoms with E-state index in [2.05, 4.69) is 66.1 Å². The number of hydrogen-bond acceptors (Lipinski definition) is 5. The van der Waals surface area contributed by atoms with Crippen molar-refractivity contribution in [1.82, 2.24) is 25.4 Å². The van der Waals surface area contributed by atoms with Gasteiger partial charge >= 0.3 is 0 Å². The van der Waals surface area contributed by atoms with Gasteiger partial charge in [-0.3, -0.25) is 14.8 Å². The van der Waals surface area contributed by atoms with Crippen molar-refractivity contribution >= 4 is 17.3 Å². The molecule has 0 aliphatic carbocycles. The summed E-state index contributed by atoms with van der Waals surface area (Å²) in [5, 5.41) is 10.1. The molecule has 6 nitrogen and oxygen atoms in total. The minimum absolute atomic E-state index is 0.848. The Labute approximate surface area is 172 Å². The largest absolute Gasteiger partial charge is 0.356 e. The highest BCUT2D eigenvalue weighted by atomic mass is 32.1. The van der Waals surface area contributed by atoms with E-state index in [1.807, 2.05) is 14.0 Å². The monoisotopic (exact) mass is 400 g/mol. The van der Waals surface area contributed by atoms with E-state index in [9.17, 15) is 0 Å². The second-order valence-electron chi connectivity index (χ2n) is 7.14. The molecular weight excluding hydrogens is 368 g/mol. The zero-order chi connectivity index (χ0) is 19.6. The molecule has 0 radical (unpaired) electrons. The Bertz CT molecular complexity index is 722. The van der Waals surface area contributed by atoms with E-state index in [4.69, 9.17) is 0 Å². The molecule has 1 aliphatic rings. The summed E-state index contributed by atoms with van der Waals surface area (Å²) in [5.74, 6) is 0.870. The number of aryl methyl sites for hydroxylation is 1. The first-order chi connectivity index (χ1) is 13.7. The minimum Gasteiger partial charge on any atom is -0.356 e. The lowest BCUT2D eigenvalue weighted by Crippen LogP contribution is -2.49. The first-order valence-corrected chi connectivity index (χ1v) is 10.9. The lowest BCUT2D eigenvalue weighted by atomic mass is 10.2. The molecule has 0 spiro atoms. The van der Waals surface area contributed by atoms with Crippen LogP contribution in [0.15, 0.2) is 40.7 Å². The Morgan fingerprint density at radius 2 is 1.79 bits per heavy atom. The van der Waals surface area contributed by atoms with Gasteiger partial charge in [-0.15, -0.1) is 11.3 Å². The molecule has 0 amide bonds. The van der Waals surface area contributed by atoms with Crippen LogP contribution in [0.4, 0.5) is 0 Å². The summed E-state index contributed by atoms with van der Waals surface area (Å²) < 4.78 is 0. The second-order valence-corrected chi connectivity index (χ2v) is 8.20. The average Bonchev–Trinajstić information content (AvgIpc) is 3.14. The van der Waals surface area contributed by atoms with Crippen LogP contribution in [0.1, 0.15) is 16.3 Å². The Morgan fingerprint density at radius 1 is 1.07 bits per heavy atom. The van der Waals surface area contributed by atoms with Gasteiger partial charge in [0.25, 0.3) is 0 Å². The van der Waals surface area contributed by atoms with E-state index >= 15 is 0 Å². The van der Waals surface area contributed by atoms with Gasteiger partial charge in [-0.05, 0) is 12.5 Å². The van der Waals surface area contributed by atoms with Crippen molar-refractivity contribution in [2.75, 3.05) is 52.9 Å². The molecule has 2 heterocycles. The number of piperazine rings is 1. The molecule has 28 heavy (non-hydrogen) atoms. The lowest BCUT2D eigenvalue weighted by molar-refractivity contribution is 0.129. The van der Waals surface area contributed by atoms with Gasteiger partial charge in [0.2, 0.25) is 0 Å². The Hall–Kier alpha value is -1.96. The van der Waals surface area contributed by atoms with Crippen LogP contribution in [0, 0.1) is 6.92 Å². The number of nitrogens with one attached hydrogen (secondary N) is 2. The number of nitrogens with zero attached hydrogens (tertiary/aromatic N) is 4. The van der Waals surface area contributed by atoms with E-state index in [1.165, 1.54) is 5.56 Å². The number of benzene rings is 1. The molecule has 1 aromatic heterocycles. The molecule has 0 saturated carbocycles. The van der Waals surface area contributed by atoms with Crippen LogP contribution in [0.25, 0.3) is 0 Å². The molecule has 2 N–H and O–H groups in total. The third-order valence-electron chi connectivity index (χ3n) is 5.00. The molecule has 1 aromatic carbocycles.